The number of aromatic nitrogens is 2. The maximum Gasteiger partial charge on any atom is 0.244 e. The lowest BCUT2D eigenvalue weighted by atomic mass is 10.1. The summed E-state index contributed by atoms with van der Waals surface area (Å²) < 4.78 is 1.87. The van der Waals surface area contributed by atoms with Gasteiger partial charge in [-0.2, -0.15) is 5.10 Å². The van der Waals surface area contributed by atoms with Gasteiger partial charge in [0.15, 0.2) is 0 Å². The first-order valence-corrected chi connectivity index (χ1v) is 8.14. The minimum Gasteiger partial charge on any atom is -0.341 e. The van der Waals surface area contributed by atoms with Crippen LogP contribution in [0.2, 0.25) is 0 Å². The van der Waals surface area contributed by atoms with Gasteiger partial charge < -0.3 is 10.2 Å². The zero-order valence-electron chi connectivity index (χ0n) is 13.6. The van der Waals surface area contributed by atoms with Gasteiger partial charge in [-0.05, 0) is 46.1 Å². The summed E-state index contributed by atoms with van der Waals surface area (Å²) in [6, 6.07) is 0. The molecule has 0 radical (unpaired) electrons. The summed E-state index contributed by atoms with van der Waals surface area (Å²) in [4.78, 5) is 14.3. The average molecular weight is 292 g/mol. The highest BCUT2D eigenvalue weighted by atomic mass is 16.2. The third kappa shape index (κ3) is 4.06. The van der Waals surface area contributed by atoms with Crippen LogP contribution in [0, 0.1) is 13.8 Å². The van der Waals surface area contributed by atoms with E-state index < -0.39 is 0 Å². The maximum atomic E-state index is 12.4. The monoisotopic (exact) mass is 292 g/mol. The Kier molecular flexibility index (Phi) is 5.79. The van der Waals surface area contributed by atoms with E-state index in [0.717, 1.165) is 56.8 Å². The lowest BCUT2D eigenvalue weighted by Crippen LogP contribution is -2.38. The number of nitrogens with one attached hydrogen (secondary N) is 1. The number of carbonyl (C=O) groups is 1. The Bertz CT molecular complexity index is 475. The van der Waals surface area contributed by atoms with Crippen LogP contribution >= 0.6 is 0 Å². The van der Waals surface area contributed by atoms with Crippen molar-refractivity contribution in [3.05, 3.63) is 17.0 Å². The summed E-state index contributed by atoms with van der Waals surface area (Å²) in [5.74, 6) is 0.202. The molecule has 0 aromatic carbocycles. The Morgan fingerprint density at radius 1 is 1.24 bits per heavy atom. The molecule has 5 nitrogen and oxygen atoms in total. The van der Waals surface area contributed by atoms with Crippen molar-refractivity contribution in [2.24, 2.45) is 0 Å². The van der Waals surface area contributed by atoms with Crippen LogP contribution in [-0.2, 0) is 17.9 Å². The fourth-order valence-corrected chi connectivity index (χ4v) is 2.91. The molecule has 1 amide bonds. The molecule has 1 aromatic rings. The Hall–Kier alpha value is -1.36. The van der Waals surface area contributed by atoms with Crippen LogP contribution in [0.5, 0.6) is 0 Å². The number of aryl methyl sites for hydroxylation is 1. The van der Waals surface area contributed by atoms with Crippen molar-refractivity contribution < 1.29 is 4.79 Å². The average Bonchev–Trinajstić information content (AvgIpc) is 2.75. The molecule has 1 aliphatic rings. The van der Waals surface area contributed by atoms with Gasteiger partial charge in [0.05, 0.1) is 5.69 Å². The van der Waals surface area contributed by atoms with Gasteiger partial charge in [0, 0.05) is 30.9 Å². The standard InChI is InChI=1S/C16H28N4O/c1-4-8-17-11-15-13(2)18-20(14(15)3)12-16(21)19-9-6-5-7-10-19/h17H,4-12H2,1-3H3. The van der Waals surface area contributed by atoms with Gasteiger partial charge in [0.25, 0.3) is 0 Å². The third-order valence-corrected chi connectivity index (χ3v) is 4.25. The molecule has 2 rings (SSSR count). The van der Waals surface area contributed by atoms with E-state index in [4.69, 9.17) is 0 Å². The molecule has 1 aromatic heterocycles. The molecule has 5 heteroatoms. The van der Waals surface area contributed by atoms with Gasteiger partial charge in [-0.3, -0.25) is 9.48 Å². The topological polar surface area (TPSA) is 50.2 Å². The molecule has 2 heterocycles. The summed E-state index contributed by atoms with van der Waals surface area (Å²) in [5, 5.41) is 7.97. The number of hydrogen-bond donors (Lipinski definition) is 1. The number of piperidine rings is 1. The van der Waals surface area contributed by atoms with E-state index in [1.165, 1.54) is 12.0 Å². The van der Waals surface area contributed by atoms with Crippen LogP contribution in [0.25, 0.3) is 0 Å². The minimum absolute atomic E-state index is 0.202. The molecule has 1 aliphatic heterocycles. The van der Waals surface area contributed by atoms with Crippen LogP contribution in [0.1, 0.15) is 49.6 Å². The second-order valence-electron chi connectivity index (χ2n) is 5.93. The molecule has 0 spiro atoms. The Morgan fingerprint density at radius 3 is 2.62 bits per heavy atom. The summed E-state index contributed by atoms with van der Waals surface area (Å²) >= 11 is 0. The number of likely N-dealkylation sites (tertiary alicyclic amines) is 1. The quantitative estimate of drug-likeness (QED) is 0.816. The zero-order chi connectivity index (χ0) is 15.2. The van der Waals surface area contributed by atoms with E-state index in [1.807, 2.05) is 16.5 Å². The molecule has 118 valence electrons. The SMILES string of the molecule is CCCNCc1c(C)nn(CC(=O)N2CCCCC2)c1C. The van der Waals surface area contributed by atoms with Gasteiger partial charge in [0.1, 0.15) is 6.54 Å². The summed E-state index contributed by atoms with van der Waals surface area (Å²) in [5.41, 5.74) is 3.37. The number of amides is 1. The molecule has 0 bridgehead atoms. The van der Waals surface area contributed by atoms with E-state index >= 15 is 0 Å². The fraction of sp³-hybridized carbons (Fsp3) is 0.750. The van der Waals surface area contributed by atoms with E-state index in [1.54, 1.807) is 0 Å². The van der Waals surface area contributed by atoms with Crippen molar-refractivity contribution in [3.8, 4) is 0 Å². The molecule has 1 saturated heterocycles. The lowest BCUT2D eigenvalue weighted by Gasteiger charge is -2.26. The molecule has 21 heavy (non-hydrogen) atoms. The normalized spacial score (nSPS) is 15.5. The van der Waals surface area contributed by atoms with E-state index in [-0.39, 0.29) is 5.91 Å². The first kappa shape index (κ1) is 16.0. The fourth-order valence-electron chi connectivity index (χ4n) is 2.91. The summed E-state index contributed by atoms with van der Waals surface area (Å²) in [6.07, 6.45) is 4.64. The smallest absolute Gasteiger partial charge is 0.244 e. The zero-order valence-corrected chi connectivity index (χ0v) is 13.6. The van der Waals surface area contributed by atoms with Gasteiger partial charge in [0.2, 0.25) is 5.91 Å². The van der Waals surface area contributed by atoms with E-state index in [2.05, 4.69) is 24.3 Å². The van der Waals surface area contributed by atoms with Gasteiger partial charge in [-0.25, -0.2) is 0 Å². The number of rotatable bonds is 6. The maximum absolute atomic E-state index is 12.4. The summed E-state index contributed by atoms with van der Waals surface area (Å²) in [6.45, 7) is 10.3. The third-order valence-electron chi connectivity index (χ3n) is 4.25. The minimum atomic E-state index is 0.202. The number of carbonyl (C=O) groups excluding carboxylic acids is 1. The van der Waals surface area contributed by atoms with Crippen molar-refractivity contribution in [1.29, 1.82) is 0 Å². The van der Waals surface area contributed by atoms with E-state index in [9.17, 15) is 4.79 Å². The van der Waals surface area contributed by atoms with Gasteiger partial charge in [-0.1, -0.05) is 6.92 Å². The molecular formula is C16H28N4O. The molecule has 0 unspecified atom stereocenters. The largest absolute Gasteiger partial charge is 0.341 e. The Labute approximate surface area is 127 Å². The number of hydrogen-bond acceptors (Lipinski definition) is 3. The predicted octanol–water partition coefficient (Wildman–Crippen LogP) is 2.01. The molecule has 0 saturated carbocycles. The molecule has 1 N–H and O–H groups in total. The number of nitrogens with zero attached hydrogens (tertiary/aromatic N) is 3. The molecule has 1 fully saturated rings. The second kappa shape index (κ2) is 7.59. The second-order valence-corrected chi connectivity index (χ2v) is 5.93. The molecular weight excluding hydrogens is 264 g/mol. The van der Waals surface area contributed by atoms with Crippen LogP contribution < -0.4 is 5.32 Å². The first-order valence-electron chi connectivity index (χ1n) is 8.14. The lowest BCUT2D eigenvalue weighted by molar-refractivity contribution is -0.132. The highest BCUT2D eigenvalue weighted by Crippen LogP contribution is 2.14. The van der Waals surface area contributed by atoms with Crippen molar-refractivity contribution in [2.45, 2.75) is 59.5 Å². The van der Waals surface area contributed by atoms with Crippen LogP contribution in [0.3, 0.4) is 0 Å². The molecule has 0 aliphatic carbocycles. The first-order chi connectivity index (χ1) is 10.1. The van der Waals surface area contributed by atoms with Crippen LogP contribution in [-0.4, -0.2) is 40.2 Å². The molecule has 0 atom stereocenters. The highest BCUT2D eigenvalue weighted by molar-refractivity contribution is 5.76. The van der Waals surface area contributed by atoms with Crippen molar-refractivity contribution in [3.63, 3.8) is 0 Å². The Balaban J connectivity index is 1.99. The highest BCUT2D eigenvalue weighted by Gasteiger charge is 2.19. The van der Waals surface area contributed by atoms with Crippen LogP contribution in [0.4, 0.5) is 0 Å². The van der Waals surface area contributed by atoms with Gasteiger partial charge >= 0.3 is 0 Å². The van der Waals surface area contributed by atoms with Gasteiger partial charge in [-0.15, -0.1) is 0 Å². The van der Waals surface area contributed by atoms with Crippen molar-refractivity contribution in [1.82, 2.24) is 20.0 Å². The predicted molar refractivity (Wildman–Crippen MR) is 84.1 cm³/mol. The van der Waals surface area contributed by atoms with Crippen molar-refractivity contribution in [2.75, 3.05) is 19.6 Å². The van der Waals surface area contributed by atoms with E-state index in [0.29, 0.717) is 6.54 Å². The van der Waals surface area contributed by atoms with Crippen LogP contribution in [0.15, 0.2) is 0 Å². The Morgan fingerprint density at radius 2 is 1.95 bits per heavy atom. The summed E-state index contributed by atoms with van der Waals surface area (Å²) in [7, 11) is 0. The van der Waals surface area contributed by atoms with Crippen molar-refractivity contribution >= 4 is 5.91 Å².